The number of aliphatic imine (C=N–C) groups is 1. The second-order valence-electron chi connectivity index (χ2n) is 4.71. The summed E-state index contributed by atoms with van der Waals surface area (Å²) >= 11 is 1.59. The molecule has 0 amide bonds. The van der Waals surface area contributed by atoms with E-state index in [1.807, 2.05) is 19.0 Å². The van der Waals surface area contributed by atoms with Gasteiger partial charge in [-0.1, -0.05) is 0 Å². The van der Waals surface area contributed by atoms with Crippen LogP contribution in [0.4, 0.5) is 5.00 Å². The summed E-state index contributed by atoms with van der Waals surface area (Å²) in [6, 6.07) is 2.26. The van der Waals surface area contributed by atoms with Gasteiger partial charge < -0.3 is 10.0 Å². The van der Waals surface area contributed by atoms with Crippen LogP contribution >= 0.6 is 11.3 Å². The molecule has 0 spiro atoms. The molecule has 1 aliphatic rings. The van der Waals surface area contributed by atoms with Gasteiger partial charge in [0.1, 0.15) is 11.1 Å². The highest BCUT2D eigenvalue weighted by Gasteiger charge is 2.27. The average Bonchev–Trinajstić information content (AvgIpc) is 2.73. The molecule has 1 unspecified atom stereocenters. The topological polar surface area (TPSA) is 59.6 Å². The molecule has 5 heteroatoms. The molecular weight excluding hydrogens is 246 g/mol. The maximum Gasteiger partial charge on any atom is 0.136 e. The molecule has 2 rings (SSSR count). The standard InChI is InChI=1S/C13H17N3OS/c1-16(2)8-15-13-10(6-14)12-9(7-17)4-3-5-11(12)18-13/h8-9,17H,3-5,7H2,1-2H3. The minimum atomic E-state index is 0.114. The molecule has 4 nitrogen and oxygen atoms in total. The van der Waals surface area contributed by atoms with Gasteiger partial charge in [-0.2, -0.15) is 5.26 Å². The molecule has 1 aliphatic carbocycles. The van der Waals surface area contributed by atoms with Gasteiger partial charge in [0, 0.05) is 24.9 Å². The fourth-order valence-corrected chi connectivity index (χ4v) is 3.51. The van der Waals surface area contributed by atoms with Gasteiger partial charge in [0.15, 0.2) is 0 Å². The molecule has 0 saturated carbocycles. The van der Waals surface area contributed by atoms with Crippen molar-refractivity contribution in [3.8, 4) is 6.07 Å². The van der Waals surface area contributed by atoms with E-state index in [1.165, 1.54) is 4.88 Å². The molecule has 0 radical (unpaired) electrons. The van der Waals surface area contributed by atoms with E-state index in [-0.39, 0.29) is 12.5 Å². The predicted molar refractivity (Wildman–Crippen MR) is 73.6 cm³/mol. The highest BCUT2D eigenvalue weighted by Crippen LogP contribution is 2.44. The van der Waals surface area contributed by atoms with Gasteiger partial charge in [-0.05, 0) is 24.8 Å². The van der Waals surface area contributed by atoms with Crippen molar-refractivity contribution in [2.75, 3.05) is 20.7 Å². The lowest BCUT2D eigenvalue weighted by atomic mass is 9.86. The van der Waals surface area contributed by atoms with E-state index >= 15 is 0 Å². The SMILES string of the molecule is CN(C)C=Nc1sc2c(c1C#N)C(CO)CCC2. The summed E-state index contributed by atoms with van der Waals surface area (Å²) in [7, 11) is 3.80. The number of hydrogen-bond donors (Lipinski definition) is 1. The zero-order chi connectivity index (χ0) is 13.1. The van der Waals surface area contributed by atoms with E-state index in [4.69, 9.17) is 0 Å². The number of nitriles is 1. The van der Waals surface area contributed by atoms with Crippen LogP contribution in [-0.2, 0) is 6.42 Å². The molecule has 0 aromatic carbocycles. The molecule has 18 heavy (non-hydrogen) atoms. The summed E-state index contributed by atoms with van der Waals surface area (Å²) in [4.78, 5) is 7.44. The van der Waals surface area contributed by atoms with Gasteiger partial charge in [0.25, 0.3) is 0 Å². The van der Waals surface area contributed by atoms with Crippen molar-refractivity contribution in [3.63, 3.8) is 0 Å². The van der Waals surface area contributed by atoms with E-state index in [0.29, 0.717) is 5.56 Å². The highest BCUT2D eigenvalue weighted by atomic mass is 32.1. The highest BCUT2D eigenvalue weighted by molar-refractivity contribution is 7.16. The Hall–Kier alpha value is -1.38. The Labute approximate surface area is 111 Å². The number of aliphatic hydroxyl groups is 1. The maximum atomic E-state index is 9.43. The number of rotatable bonds is 3. The van der Waals surface area contributed by atoms with Gasteiger partial charge in [-0.25, -0.2) is 4.99 Å². The largest absolute Gasteiger partial charge is 0.396 e. The first-order valence-corrected chi connectivity index (χ1v) is 6.86. The lowest BCUT2D eigenvalue weighted by Gasteiger charge is -2.20. The van der Waals surface area contributed by atoms with Crippen LogP contribution in [0.25, 0.3) is 0 Å². The van der Waals surface area contributed by atoms with Crippen molar-refractivity contribution < 1.29 is 5.11 Å². The van der Waals surface area contributed by atoms with E-state index in [9.17, 15) is 10.4 Å². The lowest BCUT2D eigenvalue weighted by Crippen LogP contribution is -2.12. The summed E-state index contributed by atoms with van der Waals surface area (Å²) in [5.41, 5.74) is 1.70. The van der Waals surface area contributed by atoms with Crippen LogP contribution in [0.3, 0.4) is 0 Å². The minimum Gasteiger partial charge on any atom is -0.396 e. The Morgan fingerprint density at radius 1 is 1.61 bits per heavy atom. The fraction of sp³-hybridized carbons (Fsp3) is 0.538. The van der Waals surface area contributed by atoms with Crippen LogP contribution in [0.1, 0.15) is 34.8 Å². The number of nitrogens with zero attached hydrogens (tertiary/aromatic N) is 3. The molecular formula is C13H17N3OS. The first-order valence-electron chi connectivity index (χ1n) is 6.04. The van der Waals surface area contributed by atoms with Crippen molar-refractivity contribution in [2.45, 2.75) is 25.2 Å². The van der Waals surface area contributed by atoms with Gasteiger partial charge in [0.05, 0.1) is 18.5 Å². The van der Waals surface area contributed by atoms with Crippen molar-refractivity contribution in [2.24, 2.45) is 4.99 Å². The average molecular weight is 263 g/mol. The van der Waals surface area contributed by atoms with E-state index in [2.05, 4.69) is 11.1 Å². The van der Waals surface area contributed by atoms with Crippen molar-refractivity contribution in [1.29, 1.82) is 5.26 Å². The Kier molecular flexibility index (Phi) is 4.00. The van der Waals surface area contributed by atoms with Crippen LogP contribution in [-0.4, -0.2) is 37.0 Å². The third kappa shape index (κ3) is 2.40. The van der Waals surface area contributed by atoms with E-state index in [0.717, 1.165) is 29.8 Å². The van der Waals surface area contributed by atoms with Gasteiger partial charge >= 0.3 is 0 Å². The second-order valence-corrected chi connectivity index (χ2v) is 5.79. The van der Waals surface area contributed by atoms with Gasteiger partial charge in [0.2, 0.25) is 0 Å². The van der Waals surface area contributed by atoms with Crippen LogP contribution in [0, 0.1) is 11.3 Å². The van der Waals surface area contributed by atoms with Crippen molar-refractivity contribution in [3.05, 3.63) is 16.0 Å². The predicted octanol–water partition coefficient (Wildman–Crippen LogP) is 2.25. The molecule has 0 fully saturated rings. The Morgan fingerprint density at radius 2 is 2.39 bits per heavy atom. The summed E-state index contributed by atoms with van der Waals surface area (Å²) in [5.74, 6) is 0.114. The molecule has 1 heterocycles. The van der Waals surface area contributed by atoms with Crippen LogP contribution in [0.15, 0.2) is 4.99 Å². The third-order valence-corrected chi connectivity index (χ3v) is 4.28. The van der Waals surface area contributed by atoms with E-state index in [1.54, 1.807) is 17.7 Å². The number of fused-ring (bicyclic) bond motifs is 1. The normalized spacial score (nSPS) is 18.7. The Morgan fingerprint density at radius 3 is 3.00 bits per heavy atom. The van der Waals surface area contributed by atoms with Crippen LogP contribution in [0.2, 0.25) is 0 Å². The summed E-state index contributed by atoms with van der Waals surface area (Å²) in [5, 5.41) is 19.5. The summed E-state index contributed by atoms with van der Waals surface area (Å²) in [6.45, 7) is 0.120. The quantitative estimate of drug-likeness (QED) is 0.672. The Bertz CT molecular complexity index is 499. The zero-order valence-corrected chi connectivity index (χ0v) is 11.5. The molecule has 0 bridgehead atoms. The fourth-order valence-electron chi connectivity index (χ4n) is 2.30. The zero-order valence-electron chi connectivity index (χ0n) is 10.7. The van der Waals surface area contributed by atoms with Gasteiger partial charge in [-0.15, -0.1) is 11.3 Å². The first-order chi connectivity index (χ1) is 8.67. The number of aryl methyl sites for hydroxylation is 1. The molecule has 0 saturated heterocycles. The van der Waals surface area contributed by atoms with Gasteiger partial charge in [-0.3, -0.25) is 0 Å². The minimum absolute atomic E-state index is 0.114. The van der Waals surface area contributed by atoms with Crippen molar-refractivity contribution >= 4 is 22.7 Å². The molecule has 1 aromatic heterocycles. The summed E-state index contributed by atoms with van der Waals surface area (Å²) < 4.78 is 0. The lowest BCUT2D eigenvalue weighted by molar-refractivity contribution is 0.253. The molecule has 0 aliphatic heterocycles. The second kappa shape index (κ2) is 5.51. The molecule has 1 aromatic rings. The van der Waals surface area contributed by atoms with Crippen LogP contribution in [0.5, 0.6) is 0 Å². The van der Waals surface area contributed by atoms with Crippen LogP contribution < -0.4 is 0 Å². The number of hydrogen-bond acceptors (Lipinski definition) is 4. The van der Waals surface area contributed by atoms with Crippen molar-refractivity contribution in [1.82, 2.24) is 4.90 Å². The Balaban J connectivity index is 2.45. The number of aliphatic hydroxyl groups excluding tert-OH is 1. The monoisotopic (exact) mass is 263 g/mol. The number of thiophene rings is 1. The molecule has 1 atom stereocenters. The molecule has 96 valence electrons. The third-order valence-electron chi connectivity index (χ3n) is 3.11. The summed E-state index contributed by atoms with van der Waals surface area (Å²) in [6.07, 6.45) is 4.76. The molecule has 1 N–H and O–H groups in total. The smallest absolute Gasteiger partial charge is 0.136 e. The van der Waals surface area contributed by atoms with E-state index < -0.39 is 0 Å². The first kappa shape index (κ1) is 13.1. The maximum absolute atomic E-state index is 9.43.